The van der Waals surface area contributed by atoms with Gasteiger partial charge in [0.15, 0.2) is 0 Å². The van der Waals surface area contributed by atoms with Gasteiger partial charge in [-0.3, -0.25) is 14.8 Å². The van der Waals surface area contributed by atoms with E-state index in [4.69, 9.17) is 14.2 Å². The minimum Gasteiger partial charge on any atom is -0.444 e. The summed E-state index contributed by atoms with van der Waals surface area (Å²) in [5, 5.41) is 18.0. The van der Waals surface area contributed by atoms with Crippen LogP contribution in [-0.4, -0.2) is 52.3 Å². The number of carbonyl (C=O) groups is 1. The van der Waals surface area contributed by atoms with Gasteiger partial charge in [0.1, 0.15) is 29.7 Å². The summed E-state index contributed by atoms with van der Waals surface area (Å²) in [4.78, 5) is 22.8. The Balaban J connectivity index is 2.12. The molecule has 0 aromatic carbocycles. The van der Waals surface area contributed by atoms with Gasteiger partial charge in [-0.25, -0.2) is 4.79 Å². The number of aromatic nitrogens is 2. The van der Waals surface area contributed by atoms with Crippen LogP contribution in [0.5, 0.6) is 0 Å². The van der Waals surface area contributed by atoms with Crippen molar-refractivity contribution in [1.82, 2.24) is 15.1 Å². The lowest BCUT2D eigenvalue weighted by Crippen LogP contribution is -2.46. The highest BCUT2D eigenvalue weighted by Crippen LogP contribution is 2.33. The molecule has 1 N–H and O–H groups in total. The van der Waals surface area contributed by atoms with Gasteiger partial charge in [0, 0.05) is 14.2 Å². The second-order valence-corrected chi connectivity index (χ2v) is 7.22. The first-order valence-corrected chi connectivity index (χ1v) is 8.42. The molecule has 0 radical (unpaired) electrons. The number of hydrogen-bond donors (Lipinski definition) is 1. The van der Waals surface area contributed by atoms with Crippen molar-refractivity contribution in [3.8, 4) is 0 Å². The molecule has 146 valence electrons. The van der Waals surface area contributed by atoms with Crippen molar-refractivity contribution in [2.24, 2.45) is 7.05 Å². The number of amides is 1. The van der Waals surface area contributed by atoms with Gasteiger partial charge >= 0.3 is 11.8 Å². The Morgan fingerprint density at radius 1 is 1.46 bits per heavy atom. The third-order valence-corrected chi connectivity index (χ3v) is 4.12. The van der Waals surface area contributed by atoms with E-state index < -0.39 is 22.7 Å². The number of ether oxygens (including phenoxy) is 3. The topological polar surface area (TPSA) is 118 Å². The Morgan fingerprint density at radius 3 is 2.73 bits per heavy atom. The Hall–Kier alpha value is -2.20. The standard InChI is InChI=1S/C16H26N4O6/c1-16(2,3)26-15(21)18-10-6-7-12(25-9-13(10)24-5)14-11(20(22)23)8-17-19(14)4/h8,10,12-13H,6-7,9H2,1-5H3,(H,18,21)/t10-,12?,13-/m1/s1. The lowest BCUT2D eigenvalue weighted by Gasteiger charge is -2.26. The smallest absolute Gasteiger partial charge is 0.407 e. The molecule has 1 aliphatic rings. The Bertz CT molecular complexity index is 654. The number of rotatable bonds is 4. The number of aryl methyl sites for hydroxylation is 1. The van der Waals surface area contributed by atoms with Crippen molar-refractivity contribution in [2.75, 3.05) is 13.7 Å². The number of carbonyl (C=O) groups excluding carboxylic acids is 1. The highest BCUT2D eigenvalue weighted by molar-refractivity contribution is 5.68. The minimum atomic E-state index is -0.605. The maximum atomic E-state index is 12.1. The molecule has 1 amide bonds. The number of alkyl carbamates (subject to hydrolysis) is 1. The zero-order valence-corrected chi connectivity index (χ0v) is 15.7. The summed E-state index contributed by atoms with van der Waals surface area (Å²) in [7, 11) is 3.17. The SMILES string of the molecule is CO[C@@H]1COC(c2c([N+](=O)[O-])cnn2C)CC[C@H]1NC(=O)OC(C)(C)C. The maximum absolute atomic E-state index is 12.1. The summed E-state index contributed by atoms with van der Waals surface area (Å²) in [5.41, 5.74) is -0.279. The lowest BCUT2D eigenvalue weighted by atomic mass is 10.0. The molecule has 1 fully saturated rings. The molecule has 2 rings (SSSR count). The van der Waals surface area contributed by atoms with Crippen LogP contribution in [-0.2, 0) is 21.3 Å². The molecule has 26 heavy (non-hydrogen) atoms. The zero-order valence-electron chi connectivity index (χ0n) is 15.7. The minimum absolute atomic E-state index is 0.0787. The summed E-state index contributed by atoms with van der Waals surface area (Å²) < 4.78 is 18.0. The van der Waals surface area contributed by atoms with E-state index in [2.05, 4.69) is 10.4 Å². The molecular weight excluding hydrogens is 344 g/mol. The normalized spacial score (nSPS) is 24.0. The third-order valence-electron chi connectivity index (χ3n) is 4.12. The maximum Gasteiger partial charge on any atom is 0.407 e. The van der Waals surface area contributed by atoms with Gasteiger partial charge in [0.2, 0.25) is 0 Å². The van der Waals surface area contributed by atoms with Crippen molar-refractivity contribution >= 4 is 11.8 Å². The molecule has 3 atom stereocenters. The van der Waals surface area contributed by atoms with Crippen LogP contribution in [0.4, 0.5) is 10.5 Å². The number of nitrogens with one attached hydrogen (secondary N) is 1. The van der Waals surface area contributed by atoms with Crippen molar-refractivity contribution in [3.05, 3.63) is 22.0 Å². The van der Waals surface area contributed by atoms with Crippen LogP contribution in [0.2, 0.25) is 0 Å². The fourth-order valence-electron chi connectivity index (χ4n) is 2.95. The second-order valence-electron chi connectivity index (χ2n) is 7.22. The average molecular weight is 370 g/mol. The van der Waals surface area contributed by atoms with Crippen molar-refractivity contribution in [1.29, 1.82) is 0 Å². The molecule has 0 aliphatic carbocycles. The zero-order chi connectivity index (χ0) is 19.5. The highest BCUT2D eigenvalue weighted by Gasteiger charge is 2.35. The quantitative estimate of drug-likeness (QED) is 0.637. The largest absolute Gasteiger partial charge is 0.444 e. The number of hydrogen-bond acceptors (Lipinski definition) is 7. The first-order chi connectivity index (χ1) is 12.1. The molecule has 1 aromatic rings. The van der Waals surface area contributed by atoms with E-state index in [-0.39, 0.29) is 24.4 Å². The molecule has 1 unspecified atom stereocenters. The van der Waals surface area contributed by atoms with Crippen LogP contribution in [0.3, 0.4) is 0 Å². The van der Waals surface area contributed by atoms with Crippen LogP contribution in [0.25, 0.3) is 0 Å². The molecule has 0 saturated carbocycles. The number of nitrogens with zero attached hydrogens (tertiary/aromatic N) is 3. The second kappa shape index (κ2) is 8.00. The summed E-state index contributed by atoms with van der Waals surface area (Å²) in [5.74, 6) is 0. The number of methoxy groups -OCH3 is 1. The monoisotopic (exact) mass is 370 g/mol. The first-order valence-electron chi connectivity index (χ1n) is 8.42. The van der Waals surface area contributed by atoms with Crippen LogP contribution in [0, 0.1) is 10.1 Å². The van der Waals surface area contributed by atoms with Gasteiger partial charge in [-0.2, -0.15) is 5.10 Å². The Morgan fingerprint density at radius 2 is 2.15 bits per heavy atom. The number of nitro groups is 1. The summed E-state index contributed by atoms with van der Waals surface area (Å²) in [6.07, 6.45) is 0.777. The third kappa shape index (κ3) is 4.92. The van der Waals surface area contributed by atoms with Crippen LogP contribution in [0.1, 0.15) is 45.4 Å². The Kier molecular flexibility index (Phi) is 6.19. The summed E-state index contributed by atoms with van der Waals surface area (Å²) in [6.45, 7) is 5.54. The van der Waals surface area contributed by atoms with Crippen molar-refractivity contribution in [3.63, 3.8) is 0 Å². The van der Waals surface area contributed by atoms with E-state index in [1.54, 1.807) is 27.8 Å². The van der Waals surface area contributed by atoms with Gasteiger partial charge in [-0.15, -0.1) is 0 Å². The van der Waals surface area contributed by atoms with Crippen molar-refractivity contribution < 1.29 is 23.9 Å². The van der Waals surface area contributed by atoms with Gasteiger partial charge in [-0.1, -0.05) is 0 Å². The van der Waals surface area contributed by atoms with Gasteiger partial charge in [0.25, 0.3) is 0 Å². The van der Waals surface area contributed by atoms with Crippen molar-refractivity contribution in [2.45, 2.75) is 57.5 Å². The molecule has 1 saturated heterocycles. The molecule has 0 spiro atoms. The van der Waals surface area contributed by atoms with E-state index in [1.807, 2.05) is 0 Å². The van der Waals surface area contributed by atoms with Gasteiger partial charge in [0.05, 0.1) is 17.6 Å². The highest BCUT2D eigenvalue weighted by atomic mass is 16.6. The van der Waals surface area contributed by atoms with Crippen LogP contribution >= 0.6 is 0 Å². The van der Waals surface area contributed by atoms with E-state index in [1.165, 1.54) is 18.0 Å². The molecule has 10 heteroatoms. The van der Waals surface area contributed by atoms with E-state index >= 15 is 0 Å². The van der Waals surface area contributed by atoms with E-state index in [0.29, 0.717) is 18.5 Å². The molecule has 10 nitrogen and oxygen atoms in total. The van der Waals surface area contributed by atoms with E-state index in [0.717, 1.165) is 0 Å². The molecule has 0 bridgehead atoms. The fraction of sp³-hybridized carbons (Fsp3) is 0.750. The summed E-state index contributed by atoms with van der Waals surface area (Å²) in [6, 6.07) is -0.327. The first kappa shape index (κ1) is 20.1. The van der Waals surface area contributed by atoms with Crippen LogP contribution < -0.4 is 5.32 Å². The summed E-state index contributed by atoms with van der Waals surface area (Å²) >= 11 is 0. The molecular formula is C16H26N4O6. The van der Waals surface area contributed by atoms with Gasteiger partial charge < -0.3 is 19.5 Å². The van der Waals surface area contributed by atoms with Gasteiger partial charge in [-0.05, 0) is 33.6 Å². The fourth-order valence-corrected chi connectivity index (χ4v) is 2.95. The molecule has 2 heterocycles. The average Bonchev–Trinajstić information content (AvgIpc) is 2.79. The van der Waals surface area contributed by atoms with E-state index in [9.17, 15) is 14.9 Å². The predicted molar refractivity (Wildman–Crippen MR) is 91.7 cm³/mol. The molecule has 1 aliphatic heterocycles. The lowest BCUT2D eigenvalue weighted by molar-refractivity contribution is -0.386. The molecule has 1 aromatic heterocycles. The predicted octanol–water partition coefficient (Wildman–Crippen LogP) is 2.09. The Labute approximate surface area is 151 Å². The van der Waals surface area contributed by atoms with Crippen LogP contribution in [0.15, 0.2) is 6.20 Å².